The number of rotatable bonds is 7. The first kappa shape index (κ1) is 43.0. The average Bonchev–Trinajstić information content (AvgIpc) is 4.18. The Hall–Kier alpha value is -10.9. The van der Waals surface area contributed by atoms with Crippen molar-refractivity contribution < 1.29 is 0 Å². The zero-order valence-corrected chi connectivity index (χ0v) is 40.0. The van der Waals surface area contributed by atoms with Crippen molar-refractivity contribution in [3.63, 3.8) is 0 Å². The molecule has 14 rings (SSSR count). The average molecular weight is 955 g/mol. The van der Waals surface area contributed by atoms with E-state index in [0.29, 0.717) is 22.6 Å². The molecule has 0 radical (unpaired) electrons. The van der Waals surface area contributed by atoms with Crippen LogP contribution in [0.1, 0.15) is 11.1 Å². The van der Waals surface area contributed by atoms with Crippen molar-refractivity contribution in [2.45, 2.75) is 0 Å². The van der Waals surface area contributed by atoms with Crippen LogP contribution in [0.3, 0.4) is 0 Å². The Balaban J connectivity index is 0.924. The van der Waals surface area contributed by atoms with Crippen LogP contribution in [0.15, 0.2) is 231 Å². The number of benzene rings is 10. The van der Waals surface area contributed by atoms with E-state index < -0.39 is 0 Å². The molecule has 8 heteroatoms. The summed E-state index contributed by atoms with van der Waals surface area (Å²) in [6.45, 7) is 7.77. The fourth-order valence-corrected chi connectivity index (χ4v) is 11.1. The lowest BCUT2D eigenvalue weighted by Crippen LogP contribution is -1.98. The Labute approximate surface area is 430 Å². The third-order valence-electron chi connectivity index (χ3n) is 14.5. The summed E-state index contributed by atoms with van der Waals surface area (Å²) in [6.07, 6.45) is 0. The van der Waals surface area contributed by atoms with Gasteiger partial charge in [-0.1, -0.05) is 133 Å². The van der Waals surface area contributed by atoms with Gasteiger partial charge in [-0.05, 0) is 114 Å². The van der Waals surface area contributed by atoms with Crippen molar-refractivity contribution in [3.05, 3.63) is 253 Å². The molecule has 0 saturated heterocycles. The van der Waals surface area contributed by atoms with Crippen LogP contribution >= 0.6 is 0 Å². The Morgan fingerprint density at radius 2 is 0.813 bits per heavy atom. The zero-order valence-electron chi connectivity index (χ0n) is 40.0. The Morgan fingerprint density at radius 1 is 0.360 bits per heavy atom. The van der Waals surface area contributed by atoms with Crippen LogP contribution in [-0.4, -0.2) is 23.7 Å². The van der Waals surface area contributed by atoms with Gasteiger partial charge >= 0.3 is 0 Å². The number of aromatic nitrogens is 5. The van der Waals surface area contributed by atoms with Crippen molar-refractivity contribution in [2.75, 3.05) is 0 Å². The van der Waals surface area contributed by atoms with E-state index in [-0.39, 0.29) is 0 Å². The summed E-state index contributed by atoms with van der Waals surface area (Å²) >= 11 is 0. The minimum Gasteiger partial charge on any atom is -0.309 e. The van der Waals surface area contributed by atoms with Gasteiger partial charge in [0.2, 0.25) is 0 Å². The number of nitrogens with zero attached hydrogens (tertiary/aromatic N) is 8. The topological polar surface area (TPSA) is 92.5 Å². The number of nitriles is 2. The monoisotopic (exact) mass is 954 g/mol. The number of hydrogen-bond acceptors (Lipinski definition) is 4. The van der Waals surface area contributed by atoms with E-state index in [9.17, 15) is 10.5 Å². The lowest BCUT2D eigenvalue weighted by molar-refractivity contribution is 1.16. The maximum absolute atomic E-state index is 10.9. The third kappa shape index (κ3) is 6.96. The largest absolute Gasteiger partial charge is 0.309 e. The van der Waals surface area contributed by atoms with Gasteiger partial charge in [0.15, 0.2) is 11.5 Å². The normalized spacial score (nSPS) is 11.4. The van der Waals surface area contributed by atoms with Crippen LogP contribution in [0.2, 0.25) is 0 Å². The standard InChI is InChI=1S/C67H38N8/c1-70-48-25-31-64-56(36-48)54-17-9-11-19-62(54)75(64)51-28-33-66-58(38-51)57-37-50(74-61-18-10-8-16-53(61)55-34-42(40-68)20-30-63(55)74)27-32-65(57)73(66)49-26-29-52(47(35-49)41-69)43-21-23-45(24-22-43)60-39-59(44-12-4-2-5-13-44)71-67(72-60)46-14-6-3-7-15-46/h2-39H. The fraction of sp³-hybridized carbons (Fsp3) is 0. The van der Waals surface area contributed by atoms with Crippen molar-refractivity contribution in [1.29, 1.82) is 10.5 Å². The molecule has 0 saturated carbocycles. The molecule has 0 aliphatic carbocycles. The first-order chi connectivity index (χ1) is 37.0. The van der Waals surface area contributed by atoms with Gasteiger partial charge in [0.25, 0.3) is 0 Å². The van der Waals surface area contributed by atoms with E-state index in [1.165, 1.54) is 0 Å². The highest BCUT2D eigenvalue weighted by molar-refractivity contribution is 6.14. The highest BCUT2D eigenvalue weighted by Gasteiger charge is 2.21. The molecule has 14 aromatic rings. The van der Waals surface area contributed by atoms with Crippen molar-refractivity contribution in [1.82, 2.24) is 23.7 Å². The Morgan fingerprint density at radius 3 is 1.39 bits per heavy atom. The molecule has 75 heavy (non-hydrogen) atoms. The lowest BCUT2D eigenvalue weighted by Gasteiger charge is -2.13. The molecule has 0 atom stereocenters. The van der Waals surface area contributed by atoms with Gasteiger partial charge in [0.1, 0.15) is 0 Å². The predicted octanol–water partition coefficient (Wildman–Crippen LogP) is 16.7. The molecule has 0 amide bonds. The lowest BCUT2D eigenvalue weighted by atomic mass is 9.97. The second-order valence-electron chi connectivity index (χ2n) is 18.7. The predicted molar refractivity (Wildman–Crippen MR) is 302 cm³/mol. The first-order valence-corrected chi connectivity index (χ1v) is 24.6. The van der Waals surface area contributed by atoms with Gasteiger partial charge in [-0.3, -0.25) is 0 Å². The number of para-hydroxylation sites is 2. The second kappa shape index (κ2) is 17.2. The fourth-order valence-electron chi connectivity index (χ4n) is 11.1. The minimum absolute atomic E-state index is 0.550. The molecule has 4 aromatic heterocycles. The van der Waals surface area contributed by atoms with Crippen molar-refractivity contribution >= 4 is 71.1 Å². The molecule has 346 valence electrons. The summed E-state index contributed by atoms with van der Waals surface area (Å²) in [4.78, 5) is 13.8. The molecule has 4 heterocycles. The maximum Gasteiger partial charge on any atom is 0.188 e. The van der Waals surface area contributed by atoms with E-state index >= 15 is 0 Å². The molecule has 10 aromatic carbocycles. The molecular formula is C67H38N8. The molecule has 0 N–H and O–H groups in total. The zero-order chi connectivity index (χ0) is 50.1. The van der Waals surface area contributed by atoms with Crippen LogP contribution in [0.5, 0.6) is 0 Å². The molecular weight excluding hydrogens is 917 g/mol. The molecule has 0 aliphatic heterocycles. The van der Waals surface area contributed by atoms with Crippen LogP contribution in [0, 0.1) is 29.2 Å². The second-order valence-corrected chi connectivity index (χ2v) is 18.7. The van der Waals surface area contributed by atoms with E-state index in [0.717, 1.165) is 122 Å². The molecule has 0 bridgehead atoms. The summed E-state index contributed by atoms with van der Waals surface area (Å²) in [6, 6.07) is 83.3. The molecule has 0 spiro atoms. The summed E-state index contributed by atoms with van der Waals surface area (Å²) in [7, 11) is 0. The van der Waals surface area contributed by atoms with E-state index in [2.05, 4.69) is 152 Å². The number of hydrogen-bond donors (Lipinski definition) is 0. The van der Waals surface area contributed by atoms with Crippen LogP contribution in [0.4, 0.5) is 5.69 Å². The molecule has 0 aliphatic rings. The Bertz CT molecular complexity index is 4540. The highest BCUT2D eigenvalue weighted by atomic mass is 15.0. The summed E-state index contributed by atoms with van der Waals surface area (Å²) in [5, 5.41) is 27.1. The smallest absolute Gasteiger partial charge is 0.188 e. The maximum atomic E-state index is 10.9. The van der Waals surface area contributed by atoms with E-state index in [4.69, 9.17) is 16.5 Å². The van der Waals surface area contributed by atoms with Gasteiger partial charge in [0, 0.05) is 60.7 Å². The minimum atomic E-state index is 0.550. The van der Waals surface area contributed by atoms with E-state index in [1.807, 2.05) is 109 Å². The summed E-state index contributed by atoms with van der Waals surface area (Å²) in [5.41, 5.74) is 17.0. The summed E-state index contributed by atoms with van der Waals surface area (Å²) in [5.74, 6) is 0.653. The summed E-state index contributed by atoms with van der Waals surface area (Å²) < 4.78 is 6.82. The van der Waals surface area contributed by atoms with E-state index in [1.54, 1.807) is 0 Å². The van der Waals surface area contributed by atoms with Gasteiger partial charge in [-0.15, -0.1) is 0 Å². The van der Waals surface area contributed by atoms with Crippen LogP contribution in [0.25, 0.3) is 132 Å². The van der Waals surface area contributed by atoms with Crippen molar-refractivity contribution in [2.24, 2.45) is 0 Å². The first-order valence-electron chi connectivity index (χ1n) is 24.6. The third-order valence-corrected chi connectivity index (χ3v) is 14.5. The molecule has 0 fully saturated rings. The Kier molecular flexibility index (Phi) is 9.85. The SMILES string of the molecule is [C-]#[N+]c1ccc2c(c1)c1ccccc1n2-c1ccc2c(c1)c1cc(-n3c4ccccc4c4cc(C#N)ccc43)ccc1n2-c1ccc(-c2ccc(-c3cc(-c4ccccc4)nc(-c4ccccc4)n3)cc2)c(C#N)c1. The van der Waals surface area contributed by atoms with Crippen molar-refractivity contribution in [3.8, 4) is 74.2 Å². The number of fused-ring (bicyclic) bond motifs is 9. The molecule has 8 nitrogen and oxygen atoms in total. The van der Waals surface area contributed by atoms with Gasteiger partial charge in [0.05, 0.1) is 74.3 Å². The van der Waals surface area contributed by atoms with Gasteiger partial charge < -0.3 is 13.7 Å². The van der Waals surface area contributed by atoms with Crippen LogP contribution < -0.4 is 0 Å². The quantitative estimate of drug-likeness (QED) is 0.149. The van der Waals surface area contributed by atoms with Gasteiger partial charge in [-0.25, -0.2) is 14.8 Å². The molecule has 0 unspecified atom stereocenters. The van der Waals surface area contributed by atoms with Gasteiger partial charge in [-0.2, -0.15) is 10.5 Å². The van der Waals surface area contributed by atoms with Crippen LogP contribution in [-0.2, 0) is 0 Å². The highest BCUT2D eigenvalue weighted by Crippen LogP contribution is 2.41.